The Morgan fingerprint density at radius 1 is 1.27 bits per heavy atom. The van der Waals surface area contributed by atoms with Crippen molar-refractivity contribution >= 4 is 11.8 Å². The predicted molar refractivity (Wildman–Crippen MR) is 85.8 cm³/mol. The van der Waals surface area contributed by atoms with Gasteiger partial charge >= 0.3 is 6.09 Å². The van der Waals surface area contributed by atoms with Crippen LogP contribution in [0.15, 0.2) is 24.3 Å². The van der Waals surface area contributed by atoms with Crippen molar-refractivity contribution in [3.05, 3.63) is 29.8 Å². The molecular formula is C17H23N3O2. The van der Waals surface area contributed by atoms with Crippen molar-refractivity contribution in [1.82, 2.24) is 4.90 Å². The zero-order valence-corrected chi connectivity index (χ0v) is 13.7. The molecule has 5 nitrogen and oxygen atoms in total. The first-order valence-electron chi connectivity index (χ1n) is 7.55. The number of benzene rings is 1. The van der Waals surface area contributed by atoms with E-state index in [4.69, 9.17) is 10.00 Å². The molecule has 0 N–H and O–H groups in total. The summed E-state index contributed by atoms with van der Waals surface area (Å²) in [6, 6.07) is 9.75. The van der Waals surface area contributed by atoms with Gasteiger partial charge in [0.05, 0.1) is 11.6 Å². The van der Waals surface area contributed by atoms with Gasteiger partial charge in [0.15, 0.2) is 0 Å². The number of amides is 1. The molecule has 2 rings (SSSR count). The van der Waals surface area contributed by atoms with Crippen LogP contribution in [0, 0.1) is 11.3 Å². The first kappa shape index (κ1) is 16.2. The van der Waals surface area contributed by atoms with Crippen LogP contribution in [-0.4, -0.2) is 42.3 Å². The third-order valence-corrected chi connectivity index (χ3v) is 3.62. The van der Waals surface area contributed by atoms with Crippen LogP contribution in [0.25, 0.3) is 0 Å². The molecule has 0 radical (unpaired) electrons. The Kier molecular flexibility index (Phi) is 4.60. The summed E-state index contributed by atoms with van der Waals surface area (Å²) in [7, 11) is 0. The fraction of sp³-hybridized carbons (Fsp3) is 0.529. The fourth-order valence-electron chi connectivity index (χ4n) is 2.53. The van der Waals surface area contributed by atoms with E-state index >= 15 is 0 Å². The fourth-order valence-corrected chi connectivity index (χ4v) is 2.53. The molecule has 1 saturated heterocycles. The molecule has 1 aliphatic heterocycles. The lowest BCUT2D eigenvalue weighted by Crippen LogP contribution is -2.55. The molecular weight excluding hydrogens is 278 g/mol. The number of nitrogens with zero attached hydrogens (tertiary/aromatic N) is 3. The standard InChI is InChI=1S/C17H23N3O2/c1-13-12-19(15-7-5-14(11-18)6-8-15)9-10-20(13)16(21)22-17(2,3)4/h5-8,13H,9-10,12H2,1-4H3/t13-/m0/s1. The number of nitriles is 1. The van der Waals surface area contributed by atoms with Crippen molar-refractivity contribution in [2.45, 2.75) is 39.3 Å². The molecule has 0 spiro atoms. The van der Waals surface area contributed by atoms with E-state index in [0.717, 1.165) is 18.8 Å². The normalized spacial score (nSPS) is 18.8. The molecule has 118 valence electrons. The lowest BCUT2D eigenvalue weighted by atomic mass is 10.1. The third kappa shape index (κ3) is 3.91. The Morgan fingerprint density at radius 3 is 2.41 bits per heavy atom. The van der Waals surface area contributed by atoms with E-state index in [9.17, 15) is 4.79 Å². The summed E-state index contributed by atoms with van der Waals surface area (Å²) in [5, 5.41) is 8.85. The highest BCUT2D eigenvalue weighted by Crippen LogP contribution is 2.21. The van der Waals surface area contributed by atoms with E-state index in [-0.39, 0.29) is 12.1 Å². The van der Waals surface area contributed by atoms with Gasteiger partial charge in [0.2, 0.25) is 0 Å². The molecule has 22 heavy (non-hydrogen) atoms. The zero-order chi connectivity index (χ0) is 16.3. The van der Waals surface area contributed by atoms with Gasteiger partial charge in [-0.15, -0.1) is 0 Å². The minimum Gasteiger partial charge on any atom is -0.444 e. The maximum Gasteiger partial charge on any atom is 0.410 e. The van der Waals surface area contributed by atoms with E-state index in [0.29, 0.717) is 12.1 Å². The van der Waals surface area contributed by atoms with Crippen LogP contribution in [0.5, 0.6) is 0 Å². The van der Waals surface area contributed by atoms with Gasteiger partial charge in [-0.25, -0.2) is 4.79 Å². The Morgan fingerprint density at radius 2 is 1.91 bits per heavy atom. The van der Waals surface area contributed by atoms with Crippen LogP contribution in [0.2, 0.25) is 0 Å². The van der Waals surface area contributed by atoms with Crippen LogP contribution in [0.3, 0.4) is 0 Å². The van der Waals surface area contributed by atoms with Gasteiger partial charge in [-0.2, -0.15) is 5.26 Å². The summed E-state index contributed by atoms with van der Waals surface area (Å²) in [5.74, 6) is 0. The van der Waals surface area contributed by atoms with Crippen molar-refractivity contribution in [3.63, 3.8) is 0 Å². The summed E-state index contributed by atoms with van der Waals surface area (Å²) in [6.45, 7) is 9.81. The van der Waals surface area contributed by atoms with Crippen LogP contribution in [0.1, 0.15) is 33.3 Å². The van der Waals surface area contributed by atoms with Crippen LogP contribution < -0.4 is 4.90 Å². The van der Waals surface area contributed by atoms with Gasteiger partial charge in [-0.1, -0.05) is 0 Å². The number of carbonyl (C=O) groups excluding carboxylic acids is 1. The van der Waals surface area contributed by atoms with Gasteiger partial charge < -0.3 is 14.5 Å². The SMILES string of the molecule is C[C@H]1CN(c2ccc(C#N)cc2)CCN1C(=O)OC(C)(C)C. The van der Waals surface area contributed by atoms with Crippen LogP contribution in [0.4, 0.5) is 10.5 Å². The summed E-state index contributed by atoms with van der Waals surface area (Å²) in [5.41, 5.74) is 1.26. The molecule has 1 aromatic carbocycles. The number of carbonyl (C=O) groups is 1. The molecule has 1 fully saturated rings. The van der Waals surface area contributed by atoms with Gasteiger partial charge in [-0.05, 0) is 52.0 Å². The highest BCUT2D eigenvalue weighted by Gasteiger charge is 2.30. The monoisotopic (exact) mass is 301 g/mol. The van der Waals surface area contributed by atoms with Gasteiger partial charge in [0.1, 0.15) is 5.60 Å². The predicted octanol–water partition coefficient (Wildman–Crippen LogP) is 3.00. The van der Waals surface area contributed by atoms with Crippen molar-refractivity contribution in [1.29, 1.82) is 5.26 Å². The Labute approximate surface area is 132 Å². The van der Waals surface area contributed by atoms with E-state index < -0.39 is 5.60 Å². The van der Waals surface area contributed by atoms with E-state index in [1.54, 1.807) is 4.90 Å². The van der Waals surface area contributed by atoms with Crippen molar-refractivity contribution in [2.75, 3.05) is 24.5 Å². The molecule has 1 amide bonds. The van der Waals surface area contributed by atoms with E-state index in [2.05, 4.69) is 11.0 Å². The molecule has 0 aliphatic carbocycles. The zero-order valence-electron chi connectivity index (χ0n) is 13.7. The average Bonchev–Trinajstić information content (AvgIpc) is 2.45. The molecule has 0 unspecified atom stereocenters. The quantitative estimate of drug-likeness (QED) is 0.800. The Bertz CT molecular complexity index is 569. The third-order valence-electron chi connectivity index (χ3n) is 3.62. The van der Waals surface area contributed by atoms with Crippen molar-refractivity contribution in [3.8, 4) is 6.07 Å². The minimum atomic E-state index is -0.471. The average molecular weight is 301 g/mol. The number of hydrogen-bond acceptors (Lipinski definition) is 4. The summed E-state index contributed by atoms with van der Waals surface area (Å²) in [6.07, 6.45) is -0.250. The van der Waals surface area contributed by atoms with Gasteiger partial charge in [0.25, 0.3) is 0 Å². The smallest absolute Gasteiger partial charge is 0.410 e. The second-order valence-electron chi connectivity index (χ2n) is 6.63. The number of piperazine rings is 1. The van der Waals surface area contributed by atoms with Crippen LogP contribution >= 0.6 is 0 Å². The molecule has 5 heteroatoms. The highest BCUT2D eigenvalue weighted by molar-refractivity contribution is 5.69. The molecule has 1 atom stereocenters. The maximum absolute atomic E-state index is 12.2. The van der Waals surface area contributed by atoms with E-state index in [1.165, 1.54) is 0 Å². The molecule has 1 aliphatic rings. The molecule has 1 heterocycles. The maximum atomic E-state index is 12.2. The minimum absolute atomic E-state index is 0.0826. The number of hydrogen-bond donors (Lipinski definition) is 0. The lowest BCUT2D eigenvalue weighted by molar-refractivity contribution is 0.0159. The highest BCUT2D eigenvalue weighted by atomic mass is 16.6. The number of rotatable bonds is 1. The molecule has 1 aromatic rings. The second kappa shape index (κ2) is 6.27. The van der Waals surface area contributed by atoms with Crippen molar-refractivity contribution in [2.24, 2.45) is 0 Å². The first-order chi connectivity index (χ1) is 10.3. The molecule has 0 aromatic heterocycles. The van der Waals surface area contributed by atoms with Crippen molar-refractivity contribution < 1.29 is 9.53 Å². The molecule has 0 saturated carbocycles. The topological polar surface area (TPSA) is 56.6 Å². The van der Waals surface area contributed by atoms with E-state index in [1.807, 2.05) is 52.0 Å². The largest absolute Gasteiger partial charge is 0.444 e. The lowest BCUT2D eigenvalue weighted by Gasteiger charge is -2.41. The van der Waals surface area contributed by atoms with Gasteiger partial charge in [-0.3, -0.25) is 0 Å². The number of anilines is 1. The first-order valence-corrected chi connectivity index (χ1v) is 7.55. The van der Waals surface area contributed by atoms with Gasteiger partial charge in [0, 0.05) is 31.4 Å². The Hall–Kier alpha value is -2.22. The molecule has 0 bridgehead atoms. The summed E-state index contributed by atoms with van der Waals surface area (Å²) < 4.78 is 5.45. The second-order valence-corrected chi connectivity index (χ2v) is 6.63. The summed E-state index contributed by atoms with van der Waals surface area (Å²) in [4.78, 5) is 16.2. The Balaban J connectivity index is 2.00. The number of ether oxygens (including phenoxy) is 1. The van der Waals surface area contributed by atoms with Crippen LogP contribution in [-0.2, 0) is 4.74 Å². The summed E-state index contributed by atoms with van der Waals surface area (Å²) >= 11 is 0.